The van der Waals surface area contributed by atoms with Crippen LogP contribution in [0, 0.1) is 0 Å². The fourth-order valence-electron chi connectivity index (χ4n) is 6.47. The van der Waals surface area contributed by atoms with Gasteiger partial charge in [-0.05, 0) is 51.9 Å². The zero-order valence-electron chi connectivity index (χ0n) is 24.3. The Balaban J connectivity index is 1.25. The summed E-state index contributed by atoms with van der Waals surface area (Å²) in [5, 5.41) is 7.20. The van der Waals surface area contributed by atoms with Crippen LogP contribution in [0.2, 0.25) is 0 Å². The molecule has 0 amide bonds. The van der Waals surface area contributed by atoms with Crippen LogP contribution in [0.15, 0.2) is 158 Å². The predicted octanol–water partition coefficient (Wildman–Crippen LogP) is 10.3. The Kier molecular flexibility index (Phi) is 5.78. The van der Waals surface area contributed by atoms with Gasteiger partial charge in [-0.2, -0.15) is 0 Å². The molecule has 0 unspecified atom stereocenters. The van der Waals surface area contributed by atoms with Crippen LogP contribution in [0.1, 0.15) is 0 Å². The molecule has 0 fully saturated rings. The molecule has 2 heterocycles. The van der Waals surface area contributed by atoms with Crippen molar-refractivity contribution in [1.82, 2.24) is 19.5 Å². The number of hydrogen-bond donors (Lipinski definition) is 0. The molecule has 0 spiro atoms. The highest BCUT2D eigenvalue weighted by Crippen LogP contribution is 2.37. The van der Waals surface area contributed by atoms with E-state index in [2.05, 4.69) is 102 Å². The van der Waals surface area contributed by atoms with Gasteiger partial charge in [0.2, 0.25) is 0 Å². The molecule has 4 heteroatoms. The van der Waals surface area contributed by atoms with Gasteiger partial charge in [-0.3, -0.25) is 0 Å². The lowest BCUT2D eigenvalue weighted by atomic mass is 10.0. The molecule has 0 bridgehead atoms. The van der Waals surface area contributed by atoms with Gasteiger partial charge >= 0.3 is 0 Å². The van der Waals surface area contributed by atoms with Gasteiger partial charge in [0, 0.05) is 33.2 Å². The Bertz CT molecular complexity index is 2470. The smallest absolute Gasteiger partial charge is 0.164 e. The molecule has 0 aliphatic rings. The highest BCUT2D eigenvalue weighted by molar-refractivity contribution is 6.13. The van der Waals surface area contributed by atoms with Gasteiger partial charge in [-0.25, -0.2) is 15.0 Å². The summed E-state index contributed by atoms with van der Waals surface area (Å²) in [5.74, 6) is 1.97. The summed E-state index contributed by atoms with van der Waals surface area (Å²) in [4.78, 5) is 14.9. The zero-order valence-corrected chi connectivity index (χ0v) is 24.3. The summed E-state index contributed by atoms with van der Waals surface area (Å²) < 4.78 is 2.38. The molecule has 0 aliphatic carbocycles. The first-order valence-electron chi connectivity index (χ1n) is 15.1. The first-order valence-corrected chi connectivity index (χ1v) is 15.1. The Morgan fingerprint density at radius 2 is 0.956 bits per heavy atom. The maximum Gasteiger partial charge on any atom is 0.164 e. The molecule has 45 heavy (non-hydrogen) atoms. The molecule has 0 atom stereocenters. The van der Waals surface area contributed by atoms with Gasteiger partial charge in [0.25, 0.3) is 0 Å². The van der Waals surface area contributed by atoms with E-state index in [0.717, 1.165) is 33.2 Å². The second-order valence-electron chi connectivity index (χ2n) is 11.3. The molecule has 0 radical (unpaired) electrons. The van der Waals surface area contributed by atoms with E-state index in [9.17, 15) is 0 Å². The minimum Gasteiger partial charge on any atom is -0.309 e. The number of rotatable bonds is 4. The van der Waals surface area contributed by atoms with Gasteiger partial charge in [0.15, 0.2) is 17.5 Å². The van der Waals surface area contributed by atoms with Crippen molar-refractivity contribution in [1.29, 1.82) is 0 Å². The number of aromatic nitrogens is 4. The van der Waals surface area contributed by atoms with E-state index in [1.54, 1.807) is 0 Å². The van der Waals surface area contributed by atoms with Gasteiger partial charge in [-0.15, -0.1) is 0 Å². The van der Waals surface area contributed by atoms with Crippen LogP contribution in [-0.4, -0.2) is 19.5 Å². The van der Waals surface area contributed by atoms with E-state index < -0.39 is 0 Å². The van der Waals surface area contributed by atoms with Crippen molar-refractivity contribution < 1.29 is 0 Å². The van der Waals surface area contributed by atoms with Crippen molar-refractivity contribution in [3.05, 3.63) is 158 Å². The van der Waals surface area contributed by atoms with Gasteiger partial charge in [-0.1, -0.05) is 127 Å². The first kappa shape index (κ1) is 25.4. The zero-order chi connectivity index (χ0) is 29.7. The number of fused-ring (bicyclic) bond motifs is 5. The van der Waals surface area contributed by atoms with Gasteiger partial charge in [0.1, 0.15) is 0 Å². The summed E-state index contributed by atoms with van der Waals surface area (Å²) in [5.41, 5.74) is 6.40. The normalized spacial score (nSPS) is 11.6. The van der Waals surface area contributed by atoms with Crippen LogP contribution in [0.3, 0.4) is 0 Å². The maximum atomic E-state index is 5.01. The summed E-state index contributed by atoms with van der Waals surface area (Å²) in [6, 6.07) is 55.2. The minimum absolute atomic E-state index is 0.657. The summed E-state index contributed by atoms with van der Waals surface area (Å²) in [7, 11) is 0. The minimum atomic E-state index is 0.657. The number of para-hydroxylation sites is 1. The molecule has 9 rings (SSSR count). The second-order valence-corrected chi connectivity index (χ2v) is 11.3. The molecule has 2 aromatic heterocycles. The van der Waals surface area contributed by atoms with Crippen LogP contribution in [0.25, 0.3) is 83.2 Å². The molecule has 0 N–H and O–H groups in total. The van der Waals surface area contributed by atoms with E-state index in [1.807, 2.05) is 60.7 Å². The third-order valence-electron chi connectivity index (χ3n) is 8.60. The van der Waals surface area contributed by atoms with Crippen molar-refractivity contribution in [2.75, 3.05) is 0 Å². The van der Waals surface area contributed by atoms with Crippen LogP contribution in [0.4, 0.5) is 0 Å². The van der Waals surface area contributed by atoms with Crippen molar-refractivity contribution in [3.8, 4) is 39.9 Å². The Morgan fingerprint density at radius 1 is 0.356 bits per heavy atom. The first-order chi connectivity index (χ1) is 22.3. The summed E-state index contributed by atoms with van der Waals surface area (Å²) >= 11 is 0. The van der Waals surface area contributed by atoms with Crippen LogP contribution in [-0.2, 0) is 0 Å². The predicted molar refractivity (Wildman–Crippen MR) is 185 cm³/mol. The fourth-order valence-corrected chi connectivity index (χ4v) is 6.47. The van der Waals surface area contributed by atoms with E-state index in [1.165, 1.54) is 32.6 Å². The van der Waals surface area contributed by atoms with Crippen LogP contribution >= 0.6 is 0 Å². The number of hydrogen-bond acceptors (Lipinski definition) is 3. The Morgan fingerprint density at radius 3 is 1.69 bits per heavy atom. The SMILES string of the molecule is c1ccc(-c2nc(-c3ccccc3)nc(-c3cccc4cc(-n5c6ccccc6c6cc7ccccc7cc65)ccc34)n2)cc1. The molecule has 4 nitrogen and oxygen atoms in total. The fraction of sp³-hybridized carbons (Fsp3) is 0. The third kappa shape index (κ3) is 4.27. The second kappa shape index (κ2) is 10.2. The maximum absolute atomic E-state index is 5.01. The molecule has 9 aromatic rings. The molecule has 7 aromatic carbocycles. The topological polar surface area (TPSA) is 43.6 Å². The third-order valence-corrected chi connectivity index (χ3v) is 8.60. The molecule has 0 saturated carbocycles. The molecular weight excluding hydrogens is 548 g/mol. The van der Waals surface area contributed by atoms with Crippen LogP contribution < -0.4 is 0 Å². The highest BCUT2D eigenvalue weighted by atomic mass is 15.0. The average Bonchev–Trinajstić information content (AvgIpc) is 3.43. The lowest BCUT2D eigenvalue weighted by Gasteiger charge is -2.13. The monoisotopic (exact) mass is 574 g/mol. The van der Waals surface area contributed by atoms with Crippen molar-refractivity contribution in [3.63, 3.8) is 0 Å². The summed E-state index contributed by atoms with van der Waals surface area (Å²) in [6.07, 6.45) is 0. The van der Waals surface area contributed by atoms with Crippen molar-refractivity contribution in [2.45, 2.75) is 0 Å². The number of nitrogens with zero attached hydrogens (tertiary/aromatic N) is 4. The molecule has 0 saturated heterocycles. The molecule has 0 aliphatic heterocycles. The van der Waals surface area contributed by atoms with E-state index >= 15 is 0 Å². The summed E-state index contributed by atoms with van der Waals surface area (Å²) in [6.45, 7) is 0. The Hall–Kier alpha value is -6.13. The largest absolute Gasteiger partial charge is 0.309 e. The molecular formula is C41H26N4. The quantitative estimate of drug-likeness (QED) is 0.210. The number of benzene rings is 7. The van der Waals surface area contributed by atoms with Gasteiger partial charge < -0.3 is 4.57 Å². The lowest BCUT2D eigenvalue weighted by Crippen LogP contribution is -2.00. The van der Waals surface area contributed by atoms with Crippen molar-refractivity contribution >= 4 is 43.4 Å². The van der Waals surface area contributed by atoms with Crippen molar-refractivity contribution in [2.24, 2.45) is 0 Å². The standard InChI is InChI=1S/C41H26N4/c1-3-12-27(13-4-1)39-42-40(28-14-5-2-6-15-28)44-41(43-39)35-20-11-18-31-24-32(22-23-33(31)35)45-37-21-10-9-19-34(37)36-25-29-16-7-8-17-30(29)26-38(36)45/h1-26H. The van der Waals surface area contributed by atoms with Crippen LogP contribution in [0.5, 0.6) is 0 Å². The van der Waals surface area contributed by atoms with E-state index in [0.29, 0.717) is 17.5 Å². The van der Waals surface area contributed by atoms with Gasteiger partial charge in [0.05, 0.1) is 11.0 Å². The van der Waals surface area contributed by atoms with E-state index in [4.69, 9.17) is 15.0 Å². The average molecular weight is 575 g/mol. The molecule has 210 valence electrons. The lowest BCUT2D eigenvalue weighted by molar-refractivity contribution is 1.08. The highest BCUT2D eigenvalue weighted by Gasteiger charge is 2.16. The van der Waals surface area contributed by atoms with E-state index in [-0.39, 0.29) is 0 Å². The Labute approximate surface area is 259 Å².